The van der Waals surface area contributed by atoms with Gasteiger partial charge in [-0.1, -0.05) is 48.7 Å². The van der Waals surface area contributed by atoms with Gasteiger partial charge in [0.2, 0.25) is 0 Å². The highest BCUT2D eigenvalue weighted by molar-refractivity contribution is 7.12. The molecule has 1 aliphatic rings. The quantitative estimate of drug-likeness (QED) is 0.442. The molecule has 5 rings (SSSR count). The first-order chi connectivity index (χ1) is 15.7. The predicted octanol–water partition coefficient (Wildman–Crippen LogP) is 5.48. The van der Waals surface area contributed by atoms with Gasteiger partial charge >= 0.3 is 0 Å². The molecule has 1 saturated heterocycles. The number of amides is 1. The van der Waals surface area contributed by atoms with E-state index in [-0.39, 0.29) is 5.91 Å². The average molecular weight is 446 g/mol. The molecular weight excluding hydrogens is 418 g/mol. The number of fused-ring (bicyclic) bond motifs is 1. The van der Waals surface area contributed by atoms with E-state index in [1.807, 2.05) is 28.3 Å². The molecule has 4 aromatic rings. The molecule has 1 aliphatic heterocycles. The topological polar surface area (TPSA) is 63.1 Å². The van der Waals surface area contributed by atoms with Crippen molar-refractivity contribution in [1.82, 2.24) is 14.8 Å². The van der Waals surface area contributed by atoms with Crippen molar-refractivity contribution in [3.63, 3.8) is 0 Å². The zero-order valence-electron chi connectivity index (χ0n) is 18.3. The van der Waals surface area contributed by atoms with E-state index in [1.54, 1.807) is 0 Å². The van der Waals surface area contributed by atoms with Gasteiger partial charge in [0.25, 0.3) is 5.91 Å². The Kier molecular flexibility index (Phi) is 5.90. The molecule has 4 heterocycles. The Morgan fingerprint density at radius 3 is 2.53 bits per heavy atom. The van der Waals surface area contributed by atoms with Gasteiger partial charge in [0, 0.05) is 13.1 Å². The lowest BCUT2D eigenvalue weighted by molar-refractivity contribution is 0.103. The van der Waals surface area contributed by atoms with E-state index >= 15 is 0 Å². The number of thiophene rings is 1. The second-order valence-electron chi connectivity index (χ2n) is 8.37. The molecule has 0 radical (unpaired) electrons. The number of anilines is 2. The van der Waals surface area contributed by atoms with Crippen molar-refractivity contribution < 1.29 is 4.79 Å². The summed E-state index contributed by atoms with van der Waals surface area (Å²) in [7, 11) is 0. The van der Waals surface area contributed by atoms with Gasteiger partial charge in [0.05, 0.1) is 16.8 Å². The van der Waals surface area contributed by atoms with Gasteiger partial charge < -0.3 is 10.2 Å². The number of aromatic nitrogens is 3. The molecule has 0 aliphatic carbocycles. The number of benzene rings is 1. The van der Waals surface area contributed by atoms with E-state index in [9.17, 15) is 4.79 Å². The summed E-state index contributed by atoms with van der Waals surface area (Å²) < 4.78 is 1.91. The van der Waals surface area contributed by atoms with Crippen molar-refractivity contribution in [2.75, 3.05) is 23.3 Å². The first kappa shape index (κ1) is 20.7. The highest BCUT2D eigenvalue weighted by atomic mass is 32.1. The molecule has 32 heavy (non-hydrogen) atoms. The van der Waals surface area contributed by atoms with E-state index < -0.39 is 0 Å². The van der Waals surface area contributed by atoms with Crippen LogP contribution in [0.1, 0.15) is 46.5 Å². The monoisotopic (exact) mass is 445 g/mol. The lowest BCUT2D eigenvalue weighted by Crippen LogP contribution is -2.24. The maximum absolute atomic E-state index is 12.7. The Balaban J connectivity index is 1.52. The Labute approximate surface area is 191 Å². The third-order valence-electron chi connectivity index (χ3n) is 5.94. The minimum Gasteiger partial charge on any atom is -0.357 e. The Morgan fingerprint density at radius 1 is 1.03 bits per heavy atom. The molecule has 0 saturated carbocycles. The SMILES string of the molecule is Cc1ccc(Cn2nc(NC(=O)c3cccs3)c3ccc(N4CCCCCC4)nc32)cc1. The number of nitrogens with zero attached hydrogens (tertiary/aromatic N) is 4. The van der Waals surface area contributed by atoms with Crippen LogP contribution < -0.4 is 10.2 Å². The fraction of sp³-hybridized carbons (Fsp3) is 0.320. The van der Waals surface area contributed by atoms with Crippen LogP contribution in [0.2, 0.25) is 0 Å². The zero-order chi connectivity index (χ0) is 21.9. The molecule has 0 unspecified atom stereocenters. The van der Waals surface area contributed by atoms with Gasteiger partial charge in [0.1, 0.15) is 5.82 Å². The van der Waals surface area contributed by atoms with E-state index in [0.29, 0.717) is 17.2 Å². The van der Waals surface area contributed by atoms with Gasteiger partial charge in [-0.3, -0.25) is 4.79 Å². The van der Waals surface area contributed by atoms with E-state index in [2.05, 4.69) is 47.5 Å². The van der Waals surface area contributed by atoms with Gasteiger partial charge in [-0.05, 0) is 48.9 Å². The molecular formula is C25H27N5OS. The summed E-state index contributed by atoms with van der Waals surface area (Å²) in [5, 5.41) is 10.5. The predicted molar refractivity (Wildman–Crippen MR) is 131 cm³/mol. The summed E-state index contributed by atoms with van der Waals surface area (Å²) in [5.74, 6) is 1.40. The standard InChI is InChI=1S/C25H27N5OS/c1-18-8-10-19(11-9-18)17-30-24-20(23(28-30)27-25(31)21-7-6-16-32-21)12-13-22(26-24)29-14-4-2-3-5-15-29/h6-13,16H,2-5,14-15,17H2,1H3,(H,27,28,31). The third kappa shape index (κ3) is 4.39. The first-order valence-corrected chi connectivity index (χ1v) is 12.1. The summed E-state index contributed by atoms with van der Waals surface area (Å²) >= 11 is 1.42. The smallest absolute Gasteiger partial charge is 0.266 e. The zero-order valence-corrected chi connectivity index (χ0v) is 19.1. The Morgan fingerprint density at radius 2 is 1.81 bits per heavy atom. The maximum Gasteiger partial charge on any atom is 0.266 e. The molecule has 1 aromatic carbocycles. The second kappa shape index (κ2) is 9.12. The van der Waals surface area contributed by atoms with Gasteiger partial charge in [-0.15, -0.1) is 11.3 Å². The number of nitrogens with one attached hydrogen (secondary N) is 1. The minimum absolute atomic E-state index is 0.140. The molecule has 0 bridgehead atoms. The highest BCUT2D eigenvalue weighted by Crippen LogP contribution is 2.27. The van der Waals surface area contributed by atoms with Crippen LogP contribution in [-0.4, -0.2) is 33.8 Å². The molecule has 0 atom stereocenters. The number of rotatable bonds is 5. The molecule has 1 amide bonds. The fourth-order valence-electron chi connectivity index (χ4n) is 4.16. The summed E-state index contributed by atoms with van der Waals surface area (Å²) in [6, 6.07) is 16.3. The summed E-state index contributed by atoms with van der Waals surface area (Å²) in [6.07, 6.45) is 4.96. The number of pyridine rings is 1. The van der Waals surface area contributed by atoms with Crippen LogP contribution in [0.4, 0.5) is 11.6 Å². The Bertz CT molecular complexity index is 1210. The van der Waals surface area contributed by atoms with Crippen molar-refractivity contribution >= 4 is 39.9 Å². The maximum atomic E-state index is 12.7. The number of hydrogen-bond donors (Lipinski definition) is 1. The second-order valence-corrected chi connectivity index (χ2v) is 9.31. The number of hydrogen-bond acceptors (Lipinski definition) is 5. The van der Waals surface area contributed by atoms with Crippen LogP contribution in [0.15, 0.2) is 53.9 Å². The van der Waals surface area contributed by atoms with E-state index in [1.165, 1.54) is 42.6 Å². The molecule has 7 heteroatoms. The molecule has 3 aromatic heterocycles. The van der Waals surface area contributed by atoms with Crippen LogP contribution in [0.3, 0.4) is 0 Å². The van der Waals surface area contributed by atoms with Crippen LogP contribution in [0.25, 0.3) is 11.0 Å². The first-order valence-electron chi connectivity index (χ1n) is 11.2. The number of carbonyl (C=O) groups excluding carboxylic acids is 1. The van der Waals surface area contributed by atoms with Crippen LogP contribution in [-0.2, 0) is 6.54 Å². The highest BCUT2D eigenvalue weighted by Gasteiger charge is 2.19. The van der Waals surface area contributed by atoms with Crippen molar-refractivity contribution in [3.8, 4) is 0 Å². The third-order valence-corrected chi connectivity index (χ3v) is 6.81. The minimum atomic E-state index is -0.140. The van der Waals surface area contributed by atoms with Crippen molar-refractivity contribution in [1.29, 1.82) is 0 Å². The van der Waals surface area contributed by atoms with Gasteiger partial charge in [-0.25, -0.2) is 9.67 Å². The largest absolute Gasteiger partial charge is 0.357 e. The van der Waals surface area contributed by atoms with Crippen molar-refractivity contribution in [3.05, 3.63) is 69.9 Å². The van der Waals surface area contributed by atoms with E-state index in [4.69, 9.17) is 10.1 Å². The van der Waals surface area contributed by atoms with Gasteiger partial charge in [-0.2, -0.15) is 5.10 Å². The molecule has 6 nitrogen and oxygen atoms in total. The van der Waals surface area contributed by atoms with Crippen LogP contribution in [0.5, 0.6) is 0 Å². The van der Waals surface area contributed by atoms with Crippen molar-refractivity contribution in [2.24, 2.45) is 0 Å². The molecule has 0 spiro atoms. The average Bonchev–Trinajstić information content (AvgIpc) is 3.36. The Hall–Kier alpha value is -3.19. The summed E-state index contributed by atoms with van der Waals surface area (Å²) in [6.45, 7) is 4.75. The molecule has 1 N–H and O–H groups in total. The fourth-order valence-corrected chi connectivity index (χ4v) is 4.78. The summed E-state index contributed by atoms with van der Waals surface area (Å²) in [4.78, 5) is 20.8. The van der Waals surface area contributed by atoms with E-state index in [0.717, 1.165) is 35.5 Å². The van der Waals surface area contributed by atoms with Gasteiger partial charge in [0.15, 0.2) is 11.5 Å². The van der Waals surface area contributed by atoms with Crippen LogP contribution in [0, 0.1) is 6.92 Å². The number of carbonyl (C=O) groups is 1. The normalized spacial score (nSPS) is 14.5. The van der Waals surface area contributed by atoms with Crippen LogP contribution >= 0.6 is 11.3 Å². The molecule has 1 fully saturated rings. The number of aryl methyl sites for hydroxylation is 1. The molecule has 164 valence electrons. The summed E-state index contributed by atoms with van der Waals surface area (Å²) in [5.41, 5.74) is 3.18. The van der Waals surface area contributed by atoms with Crippen molar-refractivity contribution in [2.45, 2.75) is 39.2 Å². The lowest BCUT2D eigenvalue weighted by Gasteiger charge is -2.21. The lowest BCUT2D eigenvalue weighted by atomic mass is 10.1.